The zero-order chi connectivity index (χ0) is 13.2. The van der Waals surface area contributed by atoms with Crippen LogP contribution < -0.4 is 10.5 Å². The molecule has 0 aliphatic heterocycles. The van der Waals surface area contributed by atoms with Crippen LogP contribution in [0, 0.1) is 0 Å². The van der Waals surface area contributed by atoms with Crippen LogP contribution in [0.1, 0.15) is 17.6 Å². The predicted molar refractivity (Wildman–Crippen MR) is 69.8 cm³/mol. The zero-order valence-electron chi connectivity index (χ0n) is 10.5. The van der Waals surface area contributed by atoms with E-state index in [1.807, 2.05) is 18.2 Å². The number of benzene rings is 1. The van der Waals surface area contributed by atoms with Crippen LogP contribution in [0.5, 0.6) is 5.75 Å². The maximum absolute atomic E-state index is 6.10. The van der Waals surface area contributed by atoms with E-state index in [2.05, 4.69) is 15.0 Å². The first-order chi connectivity index (χ1) is 9.28. The van der Waals surface area contributed by atoms with Gasteiger partial charge in [0, 0.05) is 18.3 Å². The summed E-state index contributed by atoms with van der Waals surface area (Å²) in [6.07, 6.45) is 3.95. The number of hydrogen-bond donors (Lipinski definition) is 2. The highest BCUT2D eigenvalue weighted by molar-refractivity contribution is 5.79. The third-order valence-corrected chi connectivity index (χ3v) is 2.93. The van der Waals surface area contributed by atoms with E-state index in [1.165, 1.54) is 0 Å². The van der Waals surface area contributed by atoms with Crippen LogP contribution in [0.25, 0.3) is 11.1 Å². The standard InChI is InChI=1S/C13H14N4O2/c1-18-10-3-2-4-11-12(10)17-13(19-11)9(14)5-8-6-15-7-16-8/h2-4,6-7,9H,5,14H2,1H3,(H,15,16). The molecule has 3 N–H and O–H groups in total. The molecule has 1 aromatic carbocycles. The fourth-order valence-corrected chi connectivity index (χ4v) is 1.98. The maximum atomic E-state index is 6.10. The lowest BCUT2D eigenvalue weighted by Crippen LogP contribution is -2.13. The molecule has 3 rings (SSSR count). The van der Waals surface area contributed by atoms with Crippen LogP contribution in [0.2, 0.25) is 0 Å². The number of nitrogens with one attached hydrogen (secondary N) is 1. The number of nitrogens with two attached hydrogens (primary N) is 1. The predicted octanol–water partition coefficient (Wildman–Crippen LogP) is 1.80. The number of fused-ring (bicyclic) bond motifs is 1. The topological polar surface area (TPSA) is 90.0 Å². The third-order valence-electron chi connectivity index (χ3n) is 2.93. The largest absolute Gasteiger partial charge is 0.494 e. The van der Waals surface area contributed by atoms with Gasteiger partial charge in [0.15, 0.2) is 11.1 Å². The molecule has 0 radical (unpaired) electrons. The van der Waals surface area contributed by atoms with Crippen molar-refractivity contribution in [2.24, 2.45) is 5.73 Å². The summed E-state index contributed by atoms with van der Waals surface area (Å²) < 4.78 is 10.9. The van der Waals surface area contributed by atoms with Crippen LogP contribution in [-0.2, 0) is 6.42 Å². The number of ether oxygens (including phenoxy) is 1. The number of aromatic nitrogens is 3. The molecular weight excluding hydrogens is 244 g/mol. The van der Waals surface area contributed by atoms with Gasteiger partial charge in [0.1, 0.15) is 5.75 Å². The summed E-state index contributed by atoms with van der Waals surface area (Å²) in [4.78, 5) is 11.4. The van der Waals surface area contributed by atoms with E-state index in [0.29, 0.717) is 29.2 Å². The first-order valence-electron chi connectivity index (χ1n) is 5.94. The molecule has 98 valence electrons. The van der Waals surface area contributed by atoms with Crippen molar-refractivity contribution in [3.05, 3.63) is 42.3 Å². The quantitative estimate of drug-likeness (QED) is 0.744. The number of H-pyrrole nitrogens is 1. The van der Waals surface area contributed by atoms with Crippen molar-refractivity contribution in [3.8, 4) is 5.75 Å². The minimum absolute atomic E-state index is 0.322. The van der Waals surface area contributed by atoms with Crippen LogP contribution >= 0.6 is 0 Å². The van der Waals surface area contributed by atoms with Crippen LogP contribution in [0.15, 0.2) is 35.1 Å². The molecule has 0 saturated heterocycles. The van der Waals surface area contributed by atoms with Gasteiger partial charge in [-0.15, -0.1) is 0 Å². The number of hydrogen-bond acceptors (Lipinski definition) is 5. The summed E-state index contributed by atoms with van der Waals surface area (Å²) in [6.45, 7) is 0. The lowest BCUT2D eigenvalue weighted by atomic mass is 10.2. The smallest absolute Gasteiger partial charge is 0.212 e. The molecule has 19 heavy (non-hydrogen) atoms. The van der Waals surface area contributed by atoms with Gasteiger partial charge in [-0.2, -0.15) is 0 Å². The minimum atomic E-state index is -0.322. The Morgan fingerprint density at radius 3 is 3.11 bits per heavy atom. The van der Waals surface area contributed by atoms with E-state index in [1.54, 1.807) is 19.6 Å². The van der Waals surface area contributed by atoms with E-state index < -0.39 is 0 Å². The summed E-state index contributed by atoms with van der Waals surface area (Å²) in [7, 11) is 1.60. The fourth-order valence-electron chi connectivity index (χ4n) is 1.98. The second-order valence-corrected chi connectivity index (χ2v) is 4.25. The Bertz CT molecular complexity index is 675. The van der Waals surface area contributed by atoms with Crippen molar-refractivity contribution >= 4 is 11.1 Å². The van der Waals surface area contributed by atoms with Crippen LogP contribution in [0.4, 0.5) is 0 Å². The zero-order valence-corrected chi connectivity index (χ0v) is 10.5. The number of aromatic amines is 1. The van der Waals surface area contributed by atoms with Crippen LogP contribution in [0.3, 0.4) is 0 Å². The summed E-state index contributed by atoms with van der Waals surface area (Å²) in [6, 6.07) is 5.22. The highest BCUT2D eigenvalue weighted by Crippen LogP contribution is 2.27. The normalized spacial score (nSPS) is 12.7. The lowest BCUT2D eigenvalue weighted by Gasteiger charge is -2.04. The minimum Gasteiger partial charge on any atom is -0.494 e. The van der Waals surface area contributed by atoms with Gasteiger partial charge < -0.3 is 19.9 Å². The fraction of sp³-hybridized carbons (Fsp3) is 0.231. The van der Waals surface area contributed by atoms with Gasteiger partial charge >= 0.3 is 0 Å². The summed E-state index contributed by atoms with van der Waals surface area (Å²) >= 11 is 0. The average Bonchev–Trinajstić information content (AvgIpc) is 3.06. The second-order valence-electron chi connectivity index (χ2n) is 4.25. The number of rotatable bonds is 4. The molecule has 2 aromatic heterocycles. The molecule has 0 saturated carbocycles. The van der Waals surface area contributed by atoms with Gasteiger partial charge in [-0.1, -0.05) is 6.07 Å². The molecule has 6 heteroatoms. The Labute approximate surface area is 109 Å². The Hall–Kier alpha value is -2.34. The molecular formula is C13H14N4O2. The molecule has 3 aromatic rings. The Balaban J connectivity index is 1.92. The SMILES string of the molecule is COc1cccc2oc(C(N)Cc3cnc[nH]3)nc12. The Morgan fingerprint density at radius 2 is 2.37 bits per heavy atom. The number of nitrogens with zero attached hydrogens (tertiary/aromatic N) is 2. The number of para-hydroxylation sites is 1. The van der Waals surface area contributed by atoms with Gasteiger partial charge in [0.05, 0.1) is 19.5 Å². The van der Waals surface area contributed by atoms with Gasteiger partial charge in [0.25, 0.3) is 0 Å². The maximum Gasteiger partial charge on any atom is 0.212 e. The molecule has 1 unspecified atom stereocenters. The lowest BCUT2D eigenvalue weighted by molar-refractivity contribution is 0.419. The number of methoxy groups -OCH3 is 1. The van der Waals surface area contributed by atoms with Crippen molar-refractivity contribution in [2.45, 2.75) is 12.5 Å². The van der Waals surface area contributed by atoms with E-state index >= 15 is 0 Å². The summed E-state index contributed by atoms with van der Waals surface area (Å²) in [5, 5.41) is 0. The molecule has 1 atom stereocenters. The van der Waals surface area contributed by atoms with Crippen molar-refractivity contribution in [3.63, 3.8) is 0 Å². The third kappa shape index (κ3) is 2.17. The Morgan fingerprint density at radius 1 is 1.47 bits per heavy atom. The molecule has 6 nitrogen and oxygen atoms in total. The molecule has 0 bridgehead atoms. The molecule has 0 aliphatic carbocycles. The van der Waals surface area contributed by atoms with Gasteiger partial charge in [0.2, 0.25) is 5.89 Å². The molecule has 2 heterocycles. The van der Waals surface area contributed by atoms with Gasteiger partial charge in [-0.25, -0.2) is 9.97 Å². The van der Waals surface area contributed by atoms with E-state index in [4.69, 9.17) is 14.9 Å². The molecule has 0 aliphatic rings. The van der Waals surface area contributed by atoms with Crippen molar-refractivity contribution in [1.82, 2.24) is 15.0 Å². The van der Waals surface area contributed by atoms with Gasteiger partial charge in [-0.3, -0.25) is 0 Å². The van der Waals surface area contributed by atoms with Gasteiger partial charge in [-0.05, 0) is 12.1 Å². The number of imidazole rings is 1. The monoisotopic (exact) mass is 258 g/mol. The van der Waals surface area contributed by atoms with Crippen LogP contribution in [-0.4, -0.2) is 22.1 Å². The molecule has 0 amide bonds. The highest BCUT2D eigenvalue weighted by Gasteiger charge is 2.17. The van der Waals surface area contributed by atoms with E-state index in [0.717, 1.165) is 5.69 Å². The Kier molecular flexibility index (Phi) is 2.92. The average molecular weight is 258 g/mol. The molecule has 0 spiro atoms. The summed E-state index contributed by atoms with van der Waals surface area (Å²) in [5.41, 5.74) is 8.41. The number of oxazole rings is 1. The highest BCUT2D eigenvalue weighted by atomic mass is 16.5. The van der Waals surface area contributed by atoms with Crippen molar-refractivity contribution < 1.29 is 9.15 Å². The second kappa shape index (κ2) is 4.74. The van der Waals surface area contributed by atoms with E-state index in [9.17, 15) is 0 Å². The molecule has 0 fully saturated rings. The van der Waals surface area contributed by atoms with E-state index in [-0.39, 0.29) is 6.04 Å². The first kappa shape index (κ1) is 11.7. The summed E-state index contributed by atoms with van der Waals surface area (Å²) in [5.74, 6) is 1.18. The van der Waals surface area contributed by atoms with Crippen molar-refractivity contribution in [1.29, 1.82) is 0 Å². The first-order valence-corrected chi connectivity index (χ1v) is 5.94. The van der Waals surface area contributed by atoms with Crippen molar-refractivity contribution in [2.75, 3.05) is 7.11 Å².